The van der Waals surface area contributed by atoms with Crippen LogP contribution in [-0.2, 0) is 0 Å². The van der Waals surface area contributed by atoms with E-state index in [0.29, 0.717) is 17.3 Å². The third-order valence-electron chi connectivity index (χ3n) is 3.06. The molecular weight excluding hydrogens is 276 g/mol. The molecule has 3 atom stereocenters. The van der Waals surface area contributed by atoms with E-state index in [-0.39, 0.29) is 6.03 Å². The monoisotopic (exact) mass is 292 g/mol. The van der Waals surface area contributed by atoms with Crippen molar-refractivity contribution >= 4 is 33.7 Å². The molecule has 0 unspecified atom stereocenters. The summed E-state index contributed by atoms with van der Waals surface area (Å²) in [6.45, 7) is 0. The minimum atomic E-state index is 0.0239. The Kier molecular flexibility index (Phi) is 4.20. The first-order chi connectivity index (χ1) is 7.31. The molecule has 0 aromatic rings. The second-order valence-electron chi connectivity index (χ2n) is 4.16. The Balaban J connectivity index is 1.72. The molecule has 0 bridgehead atoms. The van der Waals surface area contributed by atoms with Crippen LogP contribution < -0.4 is 10.6 Å². The molecule has 0 aromatic heterocycles. The van der Waals surface area contributed by atoms with E-state index in [0.717, 1.165) is 11.1 Å². The highest BCUT2D eigenvalue weighted by molar-refractivity contribution is 9.09. The lowest BCUT2D eigenvalue weighted by Crippen LogP contribution is -2.36. The quantitative estimate of drug-likeness (QED) is 0.463. The number of hydrogen-bond donors (Lipinski definition) is 2. The maximum Gasteiger partial charge on any atom is 0.315 e. The highest BCUT2D eigenvalue weighted by atomic mass is 79.9. The van der Waals surface area contributed by atoms with E-state index in [4.69, 9.17) is 0 Å². The number of rotatable bonds is 5. The number of halogens is 1. The SMILES string of the molecule is O=C1N[C@H]2[C@H](CS[C@@H]2CCCCCBr)N1. The molecule has 0 aliphatic carbocycles. The van der Waals surface area contributed by atoms with Gasteiger partial charge in [0.1, 0.15) is 0 Å². The summed E-state index contributed by atoms with van der Waals surface area (Å²) in [5.74, 6) is 1.08. The van der Waals surface area contributed by atoms with Gasteiger partial charge in [0.25, 0.3) is 0 Å². The minimum Gasteiger partial charge on any atom is -0.332 e. The van der Waals surface area contributed by atoms with Crippen molar-refractivity contribution in [1.29, 1.82) is 0 Å². The topological polar surface area (TPSA) is 41.1 Å². The molecule has 0 aromatic carbocycles. The van der Waals surface area contributed by atoms with Crippen molar-refractivity contribution in [1.82, 2.24) is 10.6 Å². The predicted molar refractivity (Wildman–Crippen MR) is 67.8 cm³/mol. The predicted octanol–water partition coefficient (Wildman–Crippen LogP) is 2.11. The van der Waals surface area contributed by atoms with Gasteiger partial charge in [0.05, 0.1) is 12.1 Å². The van der Waals surface area contributed by atoms with E-state index >= 15 is 0 Å². The average Bonchev–Trinajstić information content (AvgIpc) is 2.73. The number of fused-ring (bicyclic) bond motifs is 1. The number of nitrogens with one attached hydrogen (secondary N) is 2. The van der Waals surface area contributed by atoms with Crippen LogP contribution in [0.3, 0.4) is 0 Å². The standard InChI is InChI=1S/C10H17BrN2OS/c11-5-3-1-2-4-8-9-7(6-15-8)12-10(14)13-9/h7-9H,1-6H2,(H2,12,13,14)/t7-,8+,9-/m0/s1. The van der Waals surface area contributed by atoms with Gasteiger partial charge in [0, 0.05) is 16.3 Å². The third-order valence-corrected chi connectivity index (χ3v) is 5.13. The molecule has 2 N–H and O–H groups in total. The van der Waals surface area contributed by atoms with Crippen LogP contribution in [-0.4, -0.2) is 34.4 Å². The summed E-state index contributed by atoms with van der Waals surface area (Å²) in [5, 5.41) is 7.73. The lowest BCUT2D eigenvalue weighted by atomic mass is 10.0. The highest BCUT2D eigenvalue weighted by Gasteiger charge is 2.42. The number of hydrogen-bond acceptors (Lipinski definition) is 2. The maximum absolute atomic E-state index is 11.1. The fourth-order valence-corrected chi connectivity index (χ4v) is 4.20. The lowest BCUT2D eigenvalue weighted by Gasteiger charge is -2.16. The zero-order valence-electron chi connectivity index (χ0n) is 8.67. The summed E-state index contributed by atoms with van der Waals surface area (Å²) in [4.78, 5) is 11.1. The number of thioether (sulfide) groups is 1. The van der Waals surface area contributed by atoms with Crippen molar-refractivity contribution in [2.75, 3.05) is 11.1 Å². The average molecular weight is 293 g/mol. The highest BCUT2D eigenvalue weighted by Crippen LogP contribution is 2.33. The van der Waals surface area contributed by atoms with Gasteiger partial charge in [-0.05, 0) is 12.8 Å². The molecule has 15 heavy (non-hydrogen) atoms. The van der Waals surface area contributed by atoms with E-state index in [9.17, 15) is 4.79 Å². The first kappa shape index (κ1) is 11.6. The molecule has 2 rings (SSSR count). The second kappa shape index (κ2) is 5.43. The number of carbonyl (C=O) groups excluding carboxylic acids is 1. The zero-order valence-corrected chi connectivity index (χ0v) is 11.1. The Morgan fingerprint density at radius 1 is 1.33 bits per heavy atom. The van der Waals surface area contributed by atoms with Gasteiger partial charge in [-0.15, -0.1) is 0 Å². The van der Waals surface area contributed by atoms with Gasteiger partial charge < -0.3 is 10.6 Å². The van der Waals surface area contributed by atoms with Gasteiger partial charge >= 0.3 is 6.03 Å². The molecule has 2 fully saturated rings. The maximum atomic E-state index is 11.1. The molecule has 0 saturated carbocycles. The van der Waals surface area contributed by atoms with Crippen molar-refractivity contribution in [3.63, 3.8) is 0 Å². The Labute approximate surface area is 103 Å². The number of amides is 2. The Hall–Kier alpha value is 0.1000. The second-order valence-corrected chi connectivity index (χ2v) is 6.23. The van der Waals surface area contributed by atoms with Crippen LogP contribution in [0.15, 0.2) is 0 Å². The van der Waals surface area contributed by atoms with Crippen LogP contribution in [0.25, 0.3) is 0 Å². The lowest BCUT2D eigenvalue weighted by molar-refractivity contribution is 0.247. The molecule has 2 aliphatic heterocycles. The van der Waals surface area contributed by atoms with E-state index in [1.807, 2.05) is 11.8 Å². The molecule has 0 spiro atoms. The minimum absolute atomic E-state index is 0.0239. The van der Waals surface area contributed by atoms with Crippen LogP contribution in [0.4, 0.5) is 4.79 Å². The van der Waals surface area contributed by atoms with E-state index in [1.165, 1.54) is 25.7 Å². The van der Waals surface area contributed by atoms with Crippen molar-refractivity contribution in [2.24, 2.45) is 0 Å². The molecule has 2 heterocycles. The Bertz CT molecular complexity index is 239. The van der Waals surface area contributed by atoms with E-state index < -0.39 is 0 Å². The summed E-state index contributed by atoms with van der Waals surface area (Å²) < 4.78 is 0. The zero-order chi connectivity index (χ0) is 10.7. The van der Waals surface area contributed by atoms with Gasteiger partial charge in [-0.1, -0.05) is 28.8 Å². The number of carbonyl (C=O) groups is 1. The molecule has 5 heteroatoms. The Morgan fingerprint density at radius 2 is 2.20 bits per heavy atom. The third kappa shape index (κ3) is 2.81. The molecule has 2 aliphatic rings. The molecule has 2 saturated heterocycles. The summed E-state index contributed by atoms with van der Waals surface area (Å²) in [5.41, 5.74) is 0. The van der Waals surface area contributed by atoms with Gasteiger partial charge in [0.15, 0.2) is 0 Å². The van der Waals surface area contributed by atoms with Crippen molar-refractivity contribution in [3.8, 4) is 0 Å². The van der Waals surface area contributed by atoms with Gasteiger partial charge in [-0.25, -0.2) is 4.79 Å². The fourth-order valence-electron chi connectivity index (χ4n) is 2.26. The summed E-state index contributed by atoms with van der Waals surface area (Å²) >= 11 is 5.45. The van der Waals surface area contributed by atoms with Crippen molar-refractivity contribution in [3.05, 3.63) is 0 Å². The van der Waals surface area contributed by atoms with Crippen LogP contribution in [0, 0.1) is 0 Å². The smallest absolute Gasteiger partial charge is 0.315 e. The van der Waals surface area contributed by atoms with Crippen molar-refractivity contribution in [2.45, 2.75) is 43.0 Å². The van der Waals surface area contributed by atoms with Crippen molar-refractivity contribution < 1.29 is 4.79 Å². The fraction of sp³-hybridized carbons (Fsp3) is 0.900. The summed E-state index contributed by atoms with van der Waals surface area (Å²) in [7, 11) is 0. The number of alkyl halides is 1. The first-order valence-corrected chi connectivity index (χ1v) is 7.73. The van der Waals surface area contributed by atoms with Crippen LogP contribution in [0.5, 0.6) is 0 Å². The first-order valence-electron chi connectivity index (χ1n) is 5.56. The van der Waals surface area contributed by atoms with E-state index in [1.54, 1.807) is 0 Å². The summed E-state index contributed by atoms with van der Waals surface area (Å²) in [6.07, 6.45) is 5.07. The van der Waals surface area contributed by atoms with Crippen LogP contribution >= 0.6 is 27.7 Å². The molecule has 3 nitrogen and oxygen atoms in total. The molecule has 0 radical (unpaired) electrons. The van der Waals surface area contributed by atoms with E-state index in [2.05, 4.69) is 26.6 Å². The largest absolute Gasteiger partial charge is 0.332 e. The molecule has 86 valence electrons. The van der Waals surface area contributed by atoms with Gasteiger partial charge in [-0.2, -0.15) is 11.8 Å². The molecule has 2 amide bonds. The van der Waals surface area contributed by atoms with Gasteiger partial charge in [-0.3, -0.25) is 0 Å². The molecular formula is C10H17BrN2OS. The van der Waals surface area contributed by atoms with Gasteiger partial charge in [0.2, 0.25) is 0 Å². The van der Waals surface area contributed by atoms with Crippen LogP contribution in [0.2, 0.25) is 0 Å². The summed E-state index contributed by atoms with van der Waals surface area (Å²) in [6, 6.07) is 0.783. The number of urea groups is 1. The Morgan fingerprint density at radius 3 is 3.00 bits per heavy atom. The van der Waals surface area contributed by atoms with Crippen LogP contribution in [0.1, 0.15) is 25.7 Å². The normalized spacial score (nSPS) is 33.7. The number of unbranched alkanes of at least 4 members (excludes halogenated alkanes) is 2.